The molecule has 11 nitrogen and oxygen atoms in total. The van der Waals surface area contributed by atoms with Gasteiger partial charge in [0.05, 0.1) is 36.4 Å². The number of piperidine rings is 1. The van der Waals surface area contributed by atoms with Crippen LogP contribution in [-0.4, -0.2) is 81.1 Å². The van der Waals surface area contributed by atoms with Gasteiger partial charge >= 0.3 is 6.09 Å². The molecule has 2 aliphatic rings. The molecule has 0 radical (unpaired) electrons. The van der Waals surface area contributed by atoms with Gasteiger partial charge < -0.3 is 19.6 Å². The fourth-order valence-electron chi connectivity index (χ4n) is 5.30. The summed E-state index contributed by atoms with van der Waals surface area (Å²) in [6.45, 7) is 3.25. The zero-order valence-electron chi connectivity index (χ0n) is 22.0. The highest BCUT2D eigenvalue weighted by Crippen LogP contribution is 2.32. The van der Waals surface area contributed by atoms with Crippen LogP contribution in [-0.2, 0) is 4.74 Å². The van der Waals surface area contributed by atoms with E-state index in [-0.39, 0.29) is 11.6 Å². The highest BCUT2D eigenvalue weighted by molar-refractivity contribution is 5.94. The number of likely N-dealkylation sites (tertiary alicyclic amines) is 1. The standard InChI is InChI=1S/C28H27F2N7O4/c29-18-3-6-21(23(30)15-18)27(38)36-9-7-20(8-10-36)37-26-22(16-31-37)25(35-11-13-41-14-12-35)33-24(34-26)17-1-4-19(5-2-17)32-28(39)40/h1-6,15-16,20,32H,7-14H2,(H,39,40). The fraction of sp³-hybridized carbons (Fsp3) is 0.321. The molecule has 2 fully saturated rings. The lowest BCUT2D eigenvalue weighted by atomic mass is 10.0. The van der Waals surface area contributed by atoms with Gasteiger partial charge in [-0.15, -0.1) is 0 Å². The smallest absolute Gasteiger partial charge is 0.409 e. The summed E-state index contributed by atoms with van der Waals surface area (Å²) in [5.41, 5.74) is 1.65. The average Bonchev–Trinajstić information content (AvgIpc) is 3.41. The number of hydrogen-bond donors (Lipinski definition) is 2. The summed E-state index contributed by atoms with van der Waals surface area (Å²) in [7, 11) is 0. The van der Waals surface area contributed by atoms with E-state index < -0.39 is 23.6 Å². The third kappa shape index (κ3) is 5.40. The van der Waals surface area contributed by atoms with E-state index in [1.807, 2.05) is 4.68 Å². The normalized spacial score (nSPS) is 16.2. The van der Waals surface area contributed by atoms with Crippen molar-refractivity contribution in [2.45, 2.75) is 18.9 Å². The van der Waals surface area contributed by atoms with Crippen molar-refractivity contribution in [3.63, 3.8) is 0 Å². The first-order valence-electron chi connectivity index (χ1n) is 13.3. The molecule has 6 rings (SSSR count). The zero-order chi connectivity index (χ0) is 28.5. The number of fused-ring (bicyclic) bond motifs is 1. The van der Waals surface area contributed by atoms with Gasteiger partial charge in [-0.25, -0.2) is 28.2 Å². The maximum atomic E-state index is 14.2. The molecule has 0 spiro atoms. The lowest BCUT2D eigenvalue weighted by molar-refractivity contribution is 0.0686. The molecule has 2 aliphatic heterocycles. The van der Waals surface area contributed by atoms with Crippen molar-refractivity contribution in [3.8, 4) is 11.4 Å². The van der Waals surface area contributed by atoms with Crippen LogP contribution in [0.15, 0.2) is 48.7 Å². The van der Waals surface area contributed by atoms with Gasteiger partial charge in [-0.2, -0.15) is 5.10 Å². The number of ether oxygens (including phenoxy) is 1. The third-order valence-electron chi connectivity index (χ3n) is 7.40. The summed E-state index contributed by atoms with van der Waals surface area (Å²) >= 11 is 0. The van der Waals surface area contributed by atoms with Crippen molar-refractivity contribution in [1.82, 2.24) is 24.6 Å². The van der Waals surface area contributed by atoms with Crippen molar-refractivity contribution in [3.05, 3.63) is 65.9 Å². The van der Waals surface area contributed by atoms with E-state index in [0.29, 0.717) is 75.0 Å². The number of halogens is 2. The number of carbonyl (C=O) groups excluding carboxylic acids is 1. The maximum Gasteiger partial charge on any atom is 0.409 e. The molecule has 0 bridgehead atoms. The van der Waals surface area contributed by atoms with Gasteiger partial charge in [0.1, 0.15) is 17.5 Å². The first-order valence-corrected chi connectivity index (χ1v) is 13.3. The maximum absolute atomic E-state index is 14.2. The number of hydrogen-bond acceptors (Lipinski definition) is 7. The third-order valence-corrected chi connectivity index (χ3v) is 7.40. The first-order chi connectivity index (χ1) is 19.9. The number of aromatic nitrogens is 4. The number of amides is 2. The molecule has 212 valence electrons. The Labute approximate surface area is 233 Å². The van der Waals surface area contributed by atoms with Crippen molar-refractivity contribution in [1.29, 1.82) is 0 Å². The van der Waals surface area contributed by atoms with Gasteiger partial charge in [0.2, 0.25) is 0 Å². The molecular weight excluding hydrogens is 536 g/mol. The number of carbonyl (C=O) groups is 2. The Morgan fingerprint density at radius 1 is 0.976 bits per heavy atom. The molecule has 4 aromatic rings. The molecule has 41 heavy (non-hydrogen) atoms. The van der Waals surface area contributed by atoms with E-state index in [0.717, 1.165) is 23.3 Å². The summed E-state index contributed by atoms with van der Waals surface area (Å²) in [5, 5.41) is 16.8. The Hall–Kier alpha value is -4.65. The SMILES string of the molecule is O=C(O)Nc1ccc(-c2nc(N3CCOCC3)c3cnn(C4CCN(C(=O)c5ccc(F)cc5F)CC4)c3n2)cc1. The minimum Gasteiger partial charge on any atom is -0.465 e. The predicted octanol–water partition coefficient (Wildman–Crippen LogP) is 4.18. The number of rotatable bonds is 5. The van der Waals surface area contributed by atoms with Crippen LogP contribution in [0.1, 0.15) is 29.2 Å². The molecule has 2 saturated heterocycles. The van der Waals surface area contributed by atoms with E-state index in [9.17, 15) is 18.4 Å². The van der Waals surface area contributed by atoms with Crippen LogP contribution in [0.2, 0.25) is 0 Å². The van der Waals surface area contributed by atoms with Gasteiger partial charge in [-0.1, -0.05) is 0 Å². The molecule has 0 aliphatic carbocycles. The summed E-state index contributed by atoms with van der Waals surface area (Å²) in [5.74, 6) is -0.851. The minimum absolute atomic E-state index is 0.0583. The van der Waals surface area contributed by atoms with Crippen molar-refractivity contribution in [2.24, 2.45) is 0 Å². The lowest BCUT2D eigenvalue weighted by Gasteiger charge is -2.32. The van der Waals surface area contributed by atoms with Crippen molar-refractivity contribution >= 4 is 34.5 Å². The molecular formula is C28H27F2N7O4. The number of nitrogens with zero attached hydrogens (tertiary/aromatic N) is 6. The van der Waals surface area contributed by atoms with E-state index in [1.54, 1.807) is 35.4 Å². The Balaban J connectivity index is 1.29. The Bertz CT molecular complexity index is 1600. The molecule has 2 N–H and O–H groups in total. The van der Waals surface area contributed by atoms with Gasteiger partial charge in [0.25, 0.3) is 5.91 Å². The van der Waals surface area contributed by atoms with Crippen molar-refractivity contribution in [2.75, 3.05) is 49.6 Å². The Morgan fingerprint density at radius 3 is 2.39 bits per heavy atom. The lowest BCUT2D eigenvalue weighted by Crippen LogP contribution is -2.39. The van der Waals surface area contributed by atoms with E-state index in [1.165, 1.54) is 6.07 Å². The number of morpholine rings is 1. The van der Waals surface area contributed by atoms with Crippen LogP contribution in [0, 0.1) is 11.6 Å². The van der Waals surface area contributed by atoms with Crippen LogP contribution in [0.5, 0.6) is 0 Å². The molecule has 0 unspecified atom stereocenters. The number of benzene rings is 2. The van der Waals surface area contributed by atoms with Crippen LogP contribution in [0.4, 0.5) is 25.1 Å². The fourth-order valence-corrected chi connectivity index (χ4v) is 5.30. The van der Waals surface area contributed by atoms with Crippen molar-refractivity contribution < 1.29 is 28.2 Å². The van der Waals surface area contributed by atoms with Crippen LogP contribution < -0.4 is 10.2 Å². The number of carboxylic acid groups (broad SMARTS) is 1. The monoisotopic (exact) mass is 563 g/mol. The molecule has 2 aromatic carbocycles. The number of anilines is 2. The molecule has 2 amide bonds. The Morgan fingerprint density at radius 2 is 1.71 bits per heavy atom. The van der Waals surface area contributed by atoms with E-state index in [2.05, 4.69) is 15.3 Å². The van der Waals surface area contributed by atoms with Crippen LogP contribution in [0.25, 0.3) is 22.4 Å². The molecule has 13 heteroatoms. The summed E-state index contributed by atoms with van der Waals surface area (Å²) in [4.78, 5) is 37.4. The highest BCUT2D eigenvalue weighted by atomic mass is 19.1. The van der Waals surface area contributed by atoms with Crippen LogP contribution >= 0.6 is 0 Å². The second kappa shape index (κ2) is 11.1. The zero-order valence-corrected chi connectivity index (χ0v) is 22.0. The van der Waals surface area contributed by atoms with Gasteiger partial charge in [-0.3, -0.25) is 10.1 Å². The molecule has 0 saturated carbocycles. The summed E-state index contributed by atoms with van der Waals surface area (Å²) in [6.07, 6.45) is 1.76. The summed E-state index contributed by atoms with van der Waals surface area (Å²) in [6, 6.07) is 9.74. The second-order valence-electron chi connectivity index (χ2n) is 9.95. The van der Waals surface area contributed by atoms with Gasteiger partial charge in [-0.05, 0) is 49.2 Å². The average molecular weight is 564 g/mol. The minimum atomic E-state index is -1.15. The first kappa shape index (κ1) is 26.6. The second-order valence-corrected chi connectivity index (χ2v) is 9.95. The van der Waals surface area contributed by atoms with Gasteiger partial charge in [0, 0.05) is 43.5 Å². The van der Waals surface area contributed by atoms with Gasteiger partial charge in [0.15, 0.2) is 11.5 Å². The van der Waals surface area contributed by atoms with E-state index in [4.69, 9.17) is 19.8 Å². The predicted molar refractivity (Wildman–Crippen MR) is 146 cm³/mol. The number of nitrogens with one attached hydrogen (secondary N) is 1. The summed E-state index contributed by atoms with van der Waals surface area (Å²) < 4.78 is 34.9. The van der Waals surface area contributed by atoms with E-state index >= 15 is 0 Å². The molecule has 2 aromatic heterocycles. The quantitative estimate of drug-likeness (QED) is 0.371. The highest BCUT2D eigenvalue weighted by Gasteiger charge is 2.29. The Kier molecular flexibility index (Phi) is 7.18. The topological polar surface area (TPSA) is 126 Å². The molecule has 0 atom stereocenters. The largest absolute Gasteiger partial charge is 0.465 e. The van der Waals surface area contributed by atoms with Crippen LogP contribution in [0.3, 0.4) is 0 Å². The molecule has 4 heterocycles.